The topological polar surface area (TPSA) is 35.6 Å². The van der Waals surface area contributed by atoms with Crippen molar-refractivity contribution in [2.75, 3.05) is 38.1 Å². The van der Waals surface area contributed by atoms with Crippen LogP contribution in [0, 0.1) is 0 Å². The van der Waals surface area contributed by atoms with Gasteiger partial charge in [-0.25, -0.2) is 0 Å². The van der Waals surface area contributed by atoms with E-state index in [0.29, 0.717) is 12.6 Å². The van der Waals surface area contributed by atoms with Gasteiger partial charge in [-0.1, -0.05) is 18.2 Å². The molecule has 0 saturated carbocycles. The molecule has 0 aliphatic carbocycles. The van der Waals surface area contributed by atoms with Gasteiger partial charge in [0.2, 0.25) is 5.91 Å². The molecule has 2 heterocycles. The van der Waals surface area contributed by atoms with Crippen molar-refractivity contribution in [3.05, 3.63) is 29.8 Å². The van der Waals surface area contributed by atoms with Gasteiger partial charge >= 0.3 is 0 Å². The average molecular weight is 338 g/mol. The lowest BCUT2D eigenvalue weighted by molar-refractivity contribution is -0.120. The minimum absolute atomic E-state index is 0. The number of carbonyl (C=O) groups is 1. The summed E-state index contributed by atoms with van der Waals surface area (Å²) in [5.74, 6) is 0.242. The maximum Gasteiger partial charge on any atom is 0.241 e. The standard InChI is InChI=1S/C18H27N3O.ClH/c1-20(16-8-4-11-19-12-10-16)14-18(22)21-13-5-7-15-6-2-3-9-17(15)21;/h2-3,6,9,16,19H,4-5,7-8,10-14H2,1H3;1H. The smallest absolute Gasteiger partial charge is 0.241 e. The Morgan fingerprint density at radius 2 is 2.09 bits per heavy atom. The quantitative estimate of drug-likeness (QED) is 0.920. The molecule has 3 rings (SSSR count). The van der Waals surface area contributed by atoms with Crippen molar-refractivity contribution < 1.29 is 4.79 Å². The van der Waals surface area contributed by atoms with Crippen molar-refractivity contribution in [2.24, 2.45) is 0 Å². The van der Waals surface area contributed by atoms with Gasteiger partial charge in [0.25, 0.3) is 0 Å². The highest BCUT2D eigenvalue weighted by Crippen LogP contribution is 2.27. The number of anilines is 1. The van der Waals surface area contributed by atoms with Gasteiger partial charge in [-0.2, -0.15) is 0 Å². The third-order valence-corrected chi connectivity index (χ3v) is 4.96. The van der Waals surface area contributed by atoms with Gasteiger partial charge < -0.3 is 10.2 Å². The van der Waals surface area contributed by atoms with E-state index < -0.39 is 0 Å². The average Bonchev–Trinajstić information content (AvgIpc) is 2.83. The summed E-state index contributed by atoms with van der Waals surface area (Å²) in [5, 5.41) is 3.44. The highest BCUT2D eigenvalue weighted by atomic mass is 35.5. The number of halogens is 1. The molecule has 4 nitrogen and oxygen atoms in total. The number of fused-ring (bicyclic) bond motifs is 1. The lowest BCUT2D eigenvalue weighted by Crippen LogP contribution is -2.44. The monoisotopic (exact) mass is 337 g/mol. The first-order valence-corrected chi connectivity index (χ1v) is 8.55. The van der Waals surface area contributed by atoms with Crippen molar-refractivity contribution in [2.45, 2.75) is 38.1 Å². The van der Waals surface area contributed by atoms with Crippen LogP contribution in [0.5, 0.6) is 0 Å². The zero-order valence-electron chi connectivity index (χ0n) is 14.0. The van der Waals surface area contributed by atoms with E-state index >= 15 is 0 Å². The molecule has 0 bridgehead atoms. The number of hydrogen-bond donors (Lipinski definition) is 1. The Bertz CT molecular complexity index is 515. The van der Waals surface area contributed by atoms with Crippen molar-refractivity contribution in [3.63, 3.8) is 0 Å². The zero-order chi connectivity index (χ0) is 15.4. The molecule has 23 heavy (non-hydrogen) atoms. The predicted molar refractivity (Wildman–Crippen MR) is 97.5 cm³/mol. The Hall–Kier alpha value is -1.10. The Balaban J connectivity index is 0.00000192. The molecule has 1 saturated heterocycles. The molecule has 1 N–H and O–H groups in total. The summed E-state index contributed by atoms with van der Waals surface area (Å²) in [4.78, 5) is 17.0. The van der Waals surface area contributed by atoms with Crippen molar-refractivity contribution in [1.82, 2.24) is 10.2 Å². The molecule has 5 heteroatoms. The van der Waals surface area contributed by atoms with E-state index in [-0.39, 0.29) is 18.3 Å². The maximum absolute atomic E-state index is 12.8. The molecule has 0 spiro atoms. The summed E-state index contributed by atoms with van der Waals surface area (Å²) in [6, 6.07) is 8.86. The Morgan fingerprint density at radius 1 is 1.26 bits per heavy atom. The van der Waals surface area contributed by atoms with Gasteiger partial charge in [0, 0.05) is 18.3 Å². The molecule has 2 aliphatic heterocycles. The number of hydrogen-bond acceptors (Lipinski definition) is 3. The van der Waals surface area contributed by atoms with Crippen LogP contribution in [-0.4, -0.2) is 50.1 Å². The molecule has 1 aromatic rings. The summed E-state index contributed by atoms with van der Waals surface area (Å²) in [6.45, 7) is 3.56. The number of likely N-dealkylation sites (N-methyl/N-ethyl adjacent to an activating group) is 1. The van der Waals surface area contributed by atoms with E-state index in [0.717, 1.165) is 44.6 Å². The van der Waals surface area contributed by atoms with Gasteiger partial charge in [-0.3, -0.25) is 9.69 Å². The molecule has 1 amide bonds. The number of amides is 1. The molecule has 1 aromatic carbocycles. The normalized spacial score (nSPS) is 21.3. The summed E-state index contributed by atoms with van der Waals surface area (Å²) in [7, 11) is 2.10. The minimum Gasteiger partial charge on any atom is -0.317 e. The molecule has 0 aromatic heterocycles. The molecule has 1 fully saturated rings. The summed E-state index contributed by atoms with van der Waals surface area (Å²) in [5.41, 5.74) is 2.43. The van der Waals surface area contributed by atoms with Gasteiger partial charge in [0.05, 0.1) is 6.54 Å². The van der Waals surface area contributed by atoms with Crippen LogP contribution in [0.4, 0.5) is 5.69 Å². The van der Waals surface area contributed by atoms with Crippen molar-refractivity contribution in [1.29, 1.82) is 0 Å². The number of aryl methyl sites for hydroxylation is 1. The second-order valence-corrected chi connectivity index (χ2v) is 6.53. The van der Waals surface area contributed by atoms with Crippen LogP contribution >= 0.6 is 12.4 Å². The largest absolute Gasteiger partial charge is 0.317 e. The fraction of sp³-hybridized carbons (Fsp3) is 0.611. The summed E-state index contributed by atoms with van der Waals surface area (Å²) < 4.78 is 0. The SMILES string of the molecule is CN(CC(=O)N1CCCc2ccccc21)C1CCCNCC1.Cl. The van der Waals surface area contributed by atoms with E-state index in [1.54, 1.807) is 0 Å². The molecular formula is C18H28ClN3O. The van der Waals surface area contributed by atoms with Gasteiger partial charge in [-0.05, 0) is 63.9 Å². The van der Waals surface area contributed by atoms with E-state index in [4.69, 9.17) is 0 Å². The molecule has 2 aliphatic rings. The highest BCUT2D eigenvalue weighted by molar-refractivity contribution is 5.95. The summed E-state index contributed by atoms with van der Waals surface area (Å²) >= 11 is 0. The second-order valence-electron chi connectivity index (χ2n) is 6.53. The highest BCUT2D eigenvalue weighted by Gasteiger charge is 2.25. The lowest BCUT2D eigenvalue weighted by atomic mass is 10.0. The van der Waals surface area contributed by atoms with E-state index in [1.165, 1.54) is 18.4 Å². The van der Waals surface area contributed by atoms with Crippen molar-refractivity contribution >= 4 is 24.0 Å². The molecule has 1 atom stereocenters. The van der Waals surface area contributed by atoms with Crippen LogP contribution in [0.25, 0.3) is 0 Å². The number of carbonyl (C=O) groups excluding carboxylic acids is 1. The molecule has 1 unspecified atom stereocenters. The van der Waals surface area contributed by atoms with Crippen LogP contribution in [0.3, 0.4) is 0 Å². The van der Waals surface area contributed by atoms with Crippen LogP contribution < -0.4 is 10.2 Å². The molecular weight excluding hydrogens is 310 g/mol. The first-order valence-electron chi connectivity index (χ1n) is 8.55. The zero-order valence-corrected chi connectivity index (χ0v) is 14.8. The van der Waals surface area contributed by atoms with E-state index in [2.05, 4.69) is 35.5 Å². The molecule has 0 radical (unpaired) electrons. The van der Waals surface area contributed by atoms with E-state index in [9.17, 15) is 4.79 Å². The Labute approximate surface area is 145 Å². The minimum atomic E-state index is 0. The number of benzene rings is 1. The van der Waals surface area contributed by atoms with Gasteiger partial charge in [0.15, 0.2) is 0 Å². The third kappa shape index (κ3) is 4.46. The molecule has 128 valence electrons. The predicted octanol–water partition coefficient (Wildman–Crippen LogP) is 2.46. The number of para-hydroxylation sites is 1. The Kier molecular flexibility index (Phi) is 6.88. The van der Waals surface area contributed by atoms with Crippen molar-refractivity contribution in [3.8, 4) is 0 Å². The van der Waals surface area contributed by atoms with Crippen LogP contribution in [-0.2, 0) is 11.2 Å². The summed E-state index contributed by atoms with van der Waals surface area (Å²) in [6.07, 6.45) is 5.69. The number of nitrogens with zero attached hydrogens (tertiary/aromatic N) is 2. The van der Waals surface area contributed by atoms with E-state index in [1.807, 2.05) is 11.0 Å². The maximum atomic E-state index is 12.8. The third-order valence-electron chi connectivity index (χ3n) is 4.96. The lowest BCUT2D eigenvalue weighted by Gasteiger charge is -2.33. The fourth-order valence-electron chi connectivity index (χ4n) is 3.66. The van der Waals surface area contributed by atoms with Crippen LogP contribution in [0.2, 0.25) is 0 Å². The first-order chi connectivity index (χ1) is 10.8. The van der Waals surface area contributed by atoms with Gasteiger partial charge in [-0.15, -0.1) is 12.4 Å². The van der Waals surface area contributed by atoms with Crippen LogP contribution in [0.1, 0.15) is 31.2 Å². The number of rotatable bonds is 3. The van der Waals surface area contributed by atoms with Gasteiger partial charge in [0.1, 0.15) is 0 Å². The first kappa shape index (κ1) is 18.2. The van der Waals surface area contributed by atoms with Crippen LogP contribution in [0.15, 0.2) is 24.3 Å². The fourth-order valence-corrected chi connectivity index (χ4v) is 3.66. The Morgan fingerprint density at radius 3 is 2.96 bits per heavy atom. The second kappa shape index (κ2) is 8.67. The number of nitrogens with one attached hydrogen (secondary N) is 1.